The van der Waals surface area contributed by atoms with Crippen LogP contribution in [0.5, 0.6) is 0 Å². The molecule has 0 aromatic heterocycles. The number of unbranched alkanes of at least 4 members (excludes halogenated alkanes) is 2. The Morgan fingerprint density at radius 1 is 0.614 bits per heavy atom. The standard InChI is InChI=1S/C42H46N2O20S6/c1-41(2)36(43(18-9-5-8-13-38(45)46)32-16-14-28-30(39(32)41)21-26(67(53,54)55)23-34(28)69(59,60)61)11-6-4-7-12-37-42(3,25-66(50,51)52)40-31-22-27(68(56,57)58)24-35(70(62,63)64)29(31)15-17-33(40)44(37)19-10-20-65(47,48)49/h4,6-7,11-12,14-17,21-24H,5,8-10,13,18-20,25H2,1-3H3,(H6-,45,46,47,48,49,50,51,52,53,54,55,56,57,58,59,60,61,62,63,64)/p+1. The minimum atomic E-state index is -5.23. The molecule has 0 aliphatic carbocycles. The molecule has 0 radical (unpaired) electrons. The van der Waals surface area contributed by atoms with Crippen LogP contribution >= 0.6 is 0 Å². The van der Waals surface area contributed by atoms with E-state index in [2.05, 4.69) is 0 Å². The zero-order valence-electron chi connectivity index (χ0n) is 37.2. The zero-order chi connectivity index (χ0) is 52.4. The molecule has 0 saturated carbocycles. The number of hydrogen-bond acceptors (Lipinski definition) is 14. The molecular weight excluding hydrogens is 1040 g/mol. The number of aliphatic carboxylic acids is 1. The lowest BCUT2D eigenvalue weighted by molar-refractivity contribution is -0.438. The van der Waals surface area contributed by atoms with Gasteiger partial charge in [-0.05, 0) is 98.8 Å². The molecule has 0 spiro atoms. The van der Waals surface area contributed by atoms with Gasteiger partial charge in [-0.25, -0.2) is 0 Å². The first-order chi connectivity index (χ1) is 32.0. The maximum absolute atomic E-state index is 12.8. The van der Waals surface area contributed by atoms with E-state index in [1.165, 1.54) is 48.3 Å². The van der Waals surface area contributed by atoms with E-state index in [4.69, 9.17) is 0 Å². The van der Waals surface area contributed by atoms with Gasteiger partial charge in [0.2, 0.25) is 5.69 Å². The van der Waals surface area contributed by atoms with Gasteiger partial charge < -0.3 is 10.0 Å². The summed E-state index contributed by atoms with van der Waals surface area (Å²) in [6.45, 7) is 4.76. The number of carboxylic acids is 1. The fourth-order valence-electron chi connectivity index (χ4n) is 9.34. The number of anilines is 1. The van der Waals surface area contributed by atoms with Crippen LogP contribution in [-0.2, 0) is 76.3 Å². The number of rotatable bonds is 19. The number of hydrogen-bond donors (Lipinski definition) is 7. The normalized spacial score (nSPS) is 18.5. The summed E-state index contributed by atoms with van der Waals surface area (Å²) in [5.41, 5.74) is -1.72. The van der Waals surface area contributed by atoms with Crippen LogP contribution in [0.4, 0.5) is 11.4 Å². The smallest absolute Gasteiger partial charge is 0.303 e. The average Bonchev–Trinajstić information content (AvgIpc) is 3.55. The molecule has 2 aliphatic rings. The average molecular weight is 1090 g/mol. The molecule has 2 aliphatic heterocycles. The summed E-state index contributed by atoms with van der Waals surface area (Å²) in [6, 6.07) is 8.39. The second-order valence-corrected chi connectivity index (χ2v) is 26.0. The maximum Gasteiger partial charge on any atom is 0.303 e. The van der Waals surface area contributed by atoms with Crippen molar-refractivity contribution < 1.29 is 92.3 Å². The van der Waals surface area contributed by atoms with E-state index >= 15 is 0 Å². The third-order valence-electron chi connectivity index (χ3n) is 12.1. The monoisotopic (exact) mass is 1090 g/mol. The van der Waals surface area contributed by atoms with Gasteiger partial charge in [-0.1, -0.05) is 24.3 Å². The SMILES string of the molecule is CC1(C)C(/C=C/C=C/C=C2/N(CCCS(=O)(=O)O)c3ccc4c(S(=O)(=O)O)cc(S(=O)(=O)O)cc4c3C2(C)CS(=O)(=O)O)=[N+](CCCCCC(=O)O)c2ccc3c(S(=O)(=O)O)cc(S(=O)(=O)O)cc3c21. The Balaban J connectivity index is 1.54. The summed E-state index contributed by atoms with van der Waals surface area (Å²) in [4.78, 5) is 9.01. The highest BCUT2D eigenvalue weighted by Gasteiger charge is 2.48. The largest absolute Gasteiger partial charge is 0.481 e. The van der Waals surface area contributed by atoms with Crippen LogP contribution in [0.15, 0.2) is 104 Å². The fourth-order valence-corrected chi connectivity index (χ4v) is 13.5. The summed E-state index contributed by atoms with van der Waals surface area (Å²) >= 11 is 0. The molecule has 70 heavy (non-hydrogen) atoms. The number of nitrogens with zero attached hydrogens (tertiary/aromatic N) is 2. The molecule has 0 saturated heterocycles. The first-order valence-corrected chi connectivity index (χ1v) is 29.7. The van der Waals surface area contributed by atoms with E-state index in [9.17, 15) is 87.7 Å². The Morgan fingerprint density at radius 2 is 1.16 bits per heavy atom. The lowest BCUT2D eigenvalue weighted by Crippen LogP contribution is -2.35. The topological polar surface area (TPSA) is 370 Å². The lowest BCUT2D eigenvalue weighted by Gasteiger charge is -2.29. The zero-order valence-corrected chi connectivity index (χ0v) is 42.1. The molecule has 7 N–H and O–H groups in total. The molecule has 28 heteroatoms. The van der Waals surface area contributed by atoms with Gasteiger partial charge >= 0.3 is 5.97 Å². The minimum Gasteiger partial charge on any atom is -0.481 e. The maximum atomic E-state index is 12.8. The van der Waals surface area contributed by atoms with E-state index in [1.54, 1.807) is 26.0 Å². The number of benzene rings is 4. The third-order valence-corrected chi connectivity index (χ3v) is 17.2. The van der Waals surface area contributed by atoms with Crippen LogP contribution in [0.2, 0.25) is 0 Å². The van der Waals surface area contributed by atoms with Crippen LogP contribution < -0.4 is 4.90 Å². The Kier molecular flexibility index (Phi) is 14.7. The molecule has 0 amide bonds. The van der Waals surface area contributed by atoms with Crippen molar-refractivity contribution in [1.29, 1.82) is 0 Å². The molecule has 2 heterocycles. The predicted octanol–water partition coefficient (Wildman–Crippen LogP) is 4.94. The van der Waals surface area contributed by atoms with Gasteiger partial charge in [0.25, 0.3) is 60.7 Å². The van der Waals surface area contributed by atoms with Gasteiger partial charge in [0.05, 0.1) is 32.1 Å². The van der Waals surface area contributed by atoms with E-state index in [1.807, 2.05) is 4.58 Å². The highest BCUT2D eigenvalue weighted by atomic mass is 32.2. The highest BCUT2D eigenvalue weighted by Crippen LogP contribution is 2.53. The van der Waals surface area contributed by atoms with Crippen LogP contribution in [0.1, 0.15) is 64.0 Å². The molecule has 4 aromatic carbocycles. The summed E-state index contributed by atoms with van der Waals surface area (Å²) in [6.07, 6.45) is 8.25. The van der Waals surface area contributed by atoms with Crippen molar-refractivity contribution in [2.24, 2.45) is 0 Å². The number of carboxylic acid groups (broad SMARTS) is 1. The van der Waals surface area contributed by atoms with Crippen molar-refractivity contribution in [3.8, 4) is 0 Å². The van der Waals surface area contributed by atoms with Crippen molar-refractivity contribution in [3.63, 3.8) is 0 Å². The Morgan fingerprint density at radius 3 is 1.66 bits per heavy atom. The van der Waals surface area contributed by atoms with Crippen LogP contribution in [0.3, 0.4) is 0 Å². The molecule has 380 valence electrons. The van der Waals surface area contributed by atoms with Gasteiger partial charge in [0, 0.05) is 59.2 Å². The van der Waals surface area contributed by atoms with Gasteiger partial charge in [-0.2, -0.15) is 55.1 Å². The van der Waals surface area contributed by atoms with E-state index in [0.717, 1.165) is 18.2 Å². The summed E-state index contributed by atoms with van der Waals surface area (Å²) in [5, 5.41) is 8.53. The van der Waals surface area contributed by atoms with Crippen molar-refractivity contribution >= 4 is 105 Å². The lowest BCUT2D eigenvalue weighted by atomic mass is 9.79. The molecule has 1 unspecified atom stereocenters. The Hall–Kier alpha value is -4.98. The Labute approximate surface area is 403 Å². The van der Waals surface area contributed by atoms with Crippen LogP contribution in [-0.4, -0.2) is 124 Å². The van der Waals surface area contributed by atoms with Gasteiger partial charge in [0.15, 0.2) is 5.71 Å². The molecule has 22 nitrogen and oxygen atoms in total. The second-order valence-electron chi connectivity index (χ2n) is 17.4. The van der Waals surface area contributed by atoms with Gasteiger partial charge in [-0.3, -0.25) is 32.1 Å². The predicted molar refractivity (Wildman–Crippen MR) is 255 cm³/mol. The first-order valence-electron chi connectivity index (χ1n) is 20.7. The van der Waals surface area contributed by atoms with Gasteiger partial charge in [0.1, 0.15) is 16.3 Å². The first kappa shape index (κ1) is 54.4. The molecule has 6 rings (SSSR count). The van der Waals surface area contributed by atoms with E-state index < -0.39 is 109 Å². The Bertz CT molecular complexity index is 3710. The van der Waals surface area contributed by atoms with Crippen molar-refractivity contribution in [3.05, 3.63) is 95.7 Å². The highest BCUT2D eigenvalue weighted by molar-refractivity contribution is 7.87. The number of allylic oxidation sites excluding steroid dienone is 6. The quantitative estimate of drug-likeness (QED) is 0.0283. The van der Waals surface area contributed by atoms with Crippen molar-refractivity contribution in [2.45, 2.75) is 83.3 Å². The molecule has 0 bridgehead atoms. The summed E-state index contributed by atoms with van der Waals surface area (Å²) < 4.78 is 211. The summed E-state index contributed by atoms with van der Waals surface area (Å²) in [7, 11) is -30.1. The van der Waals surface area contributed by atoms with Crippen LogP contribution in [0, 0.1) is 0 Å². The van der Waals surface area contributed by atoms with Gasteiger partial charge in [-0.15, -0.1) is 0 Å². The number of fused-ring (bicyclic) bond motifs is 6. The molecule has 1 atom stereocenters. The third kappa shape index (κ3) is 11.4. The van der Waals surface area contributed by atoms with Crippen molar-refractivity contribution in [1.82, 2.24) is 0 Å². The summed E-state index contributed by atoms with van der Waals surface area (Å²) in [5.74, 6) is -2.93. The van der Waals surface area contributed by atoms with E-state index in [0.29, 0.717) is 48.4 Å². The van der Waals surface area contributed by atoms with E-state index in [-0.39, 0.29) is 64.4 Å². The minimum absolute atomic E-state index is 0.0123. The van der Waals surface area contributed by atoms with Crippen LogP contribution in [0.25, 0.3) is 21.5 Å². The molecular formula is C42H47N2O20S6+. The number of carbonyl (C=O) groups is 1. The molecule has 0 fully saturated rings. The molecule has 4 aromatic rings. The fraction of sp³-hybridized carbons (Fsp3) is 0.333. The second kappa shape index (κ2) is 18.9. The van der Waals surface area contributed by atoms with Crippen molar-refractivity contribution in [2.75, 3.05) is 29.5 Å².